The molecule has 0 aromatic heterocycles. The van der Waals surface area contributed by atoms with E-state index in [1.807, 2.05) is 70.2 Å². The van der Waals surface area contributed by atoms with E-state index in [0.29, 0.717) is 12.8 Å². The predicted octanol–water partition coefficient (Wildman–Crippen LogP) is 3.78. The lowest BCUT2D eigenvalue weighted by atomic mass is 9.78. The van der Waals surface area contributed by atoms with Gasteiger partial charge in [0, 0.05) is 5.56 Å². The third-order valence-corrected chi connectivity index (χ3v) is 6.66. The molecule has 2 aromatic rings. The second kappa shape index (κ2) is 6.61. The van der Waals surface area contributed by atoms with Crippen molar-refractivity contribution < 1.29 is 23.9 Å². The lowest BCUT2D eigenvalue weighted by Crippen LogP contribution is -2.41. The highest BCUT2D eigenvalue weighted by Crippen LogP contribution is 2.48. The number of aliphatic carboxylic acids is 1. The van der Waals surface area contributed by atoms with Gasteiger partial charge in [-0.3, -0.25) is 4.79 Å². The van der Waals surface area contributed by atoms with E-state index in [1.165, 1.54) is 0 Å². The Morgan fingerprint density at radius 3 is 2.07 bits per heavy atom. The van der Waals surface area contributed by atoms with Gasteiger partial charge in [-0.15, -0.1) is 0 Å². The Kier molecular flexibility index (Phi) is 4.55. The van der Waals surface area contributed by atoms with E-state index in [-0.39, 0.29) is 0 Å². The van der Waals surface area contributed by atoms with E-state index in [4.69, 9.17) is 14.0 Å². The van der Waals surface area contributed by atoms with Gasteiger partial charge in [-0.1, -0.05) is 36.4 Å². The Bertz CT molecular complexity index is 928. The first kappa shape index (κ1) is 20.0. The molecule has 29 heavy (non-hydrogen) atoms. The van der Waals surface area contributed by atoms with Crippen molar-refractivity contribution in [3.05, 3.63) is 48.0 Å². The van der Waals surface area contributed by atoms with Gasteiger partial charge in [0.25, 0.3) is 0 Å². The molecule has 0 atom stereocenters. The Morgan fingerprint density at radius 1 is 1.00 bits per heavy atom. The number of hydrogen-bond acceptors (Lipinski definition) is 4. The van der Waals surface area contributed by atoms with Gasteiger partial charge in [0.2, 0.25) is 0 Å². The summed E-state index contributed by atoms with van der Waals surface area (Å²) in [5, 5.41) is 9.49. The highest BCUT2D eigenvalue weighted by Gasteiger charge is 2.52. The monoisotopic (exact) mass is 394 g/mol. The van der Waals surface area contributed by atoms with Crippen molar-refractivity contribution in [1.82, 2.24) is 0 Å². The third kappa shape index (κ3) is 3.24. The molecule has 0 unspecified atom stereocenters. The molecule has 1 heterocycles. The number of rotatable bonds is 5. The summed E-state index contributed by atoms with van der Waals surface area (Å²) in [6.07, 6.45) is 1.40. The third-order valence-electron chi connectivity index (χ3n) is 6.66. The molecule has 2 fully saturated rings. The van der Waals surface area contributed by atoms with Crippen LogP contribution in [0.3, 0.4) is 0 Å². The number of carboxylic acid groups (broad SMARTS) is 1. The Hall–Kier alpha value is -2.31. The molecule has 0 radical (unpaired) electrons. The fourth-order valence-electron chi connectivity index (χ4n) is 3.79. The van der Waals surface area contributed by atoms with Gasteiger partial charge in [0.1, 0.15) is 5.75 Å². The summed E-state index contributed by atoms with van der Waals surface area (Å²) in [6.45, 7) is 8.13. The average Bonchev–Trinajstić information content (AvgIpc) is 3.45. The fourth-order valence-corrected chi connectivity index (χ4v) is 3.79. The van der Waals surface area contributed by atoms with E-state index in [9.17, 15) is 9.90 Å². The largest absolute Gasteiger partial charge is 0.496 e. The minimum absolute atomic E-state index is 0.400. The van der Waals surface area contributed by atoms with Crippen LogP contribution in [0.2, 0.25) is 0 Å². The molecule has 5 nitrogen and oxygen atoms in total. The molecule has 0 spiro atoms. The molecule has 1 aliphatic heterocycles. The number of carboxylic acids is 1. The molecule has 152 valence electrons. The quantitative estimate of drug-likeness (QED) is 0.782. The summed E-state index contributed by atoms with van der Waals surface area (Å²) in [6, 6.07) is 13.7. The van der Waals surface area contributed by atoms with Crippen molar-refractivity contribution in [3.63, 3.8) is 0 Å². The number of carbonyl (C=O) groups is 1. The van der Waals surface area contributed by atoms with Gasteiger partial charge in [0.15, 0.2) is 0 Å². The molecular weight excluding hydrogens is 367 g/mol. The number of hydrogen-bond donors (Lipinski definition) is 1. The second-order valence-corrected chi connectivity index (χ2v) is 9.01. The minimum atomic E-state index is -0.741. The van der Waals surface area contributed by atoms with Gasteiger partial charge in [-0.05, 0) is 63.2 Å². The van der Waals surface area contributed by atoms with Crippen molar-refractivity contribution in [2.75, 3.05) is 7.11 Å². The molecular formula is C23H27BO5. The van der Waals surface area contributed by atoms with Crippen LogP contribution in [-0.4, -0.2) is 36.5 Å². The maximum Gasteiger partial charge on any atom is 0.494 e. The van der Waals surface area contributed by atoms with Crippen molar-refractivity contribution >= 4 is 18.6 Å². The summed E-state index contributed by atoms with van der Waals surface area (Å²) >= 11 is 0. The van der Waals surface area contributed by atoms with Crippen LogP contribution in [-0.2, 0) is 19.5 Å². The lowest BCUT2D eigenvalue weighted by Gasteiger charge is -2.32. The lowest BCUT2D eigenvalue weighted by molar-refractivity contribution is -0.140. The molecule has 6 heteroatoms. The number of methoxy groups -OCH3 is 1. The first-order valence-corrected chi connectivity index (χ1v) is 9.97. The van der Waals surface area contributed by atoms with Crippen LogP contribution in [0.1, 0.15) is 46.1 Å². The SMILES string of the molecule is COc1cc(B2OC(C)(C)C(C)(C)O2)ccc1-c1ccc(C2(C(=O)O)CC2)cc1. The van der Waals surface area contributed by atoms with Crippen LogP contribution < -0.4 is 10.2 Å². The van der Waals surface area contributed by atoms with Crippen molar-refractivity contribution in [3.8, 4) is 16.9 Å². The standard InChI is InChI=1S/C23H27BO5/c1-21(2)22(3,4)29-24(28-21)17-10-11-18(19(14-17)27-5)15-6-8-16(9-7-15)23(12-13-23)20(25)26/h6-11,14H,12-13H2,1-5H3,(H,25,26). The summed E-state index contributed by atoms with van der Waals surface area (Å²) in [5.74, 6) is -0.0149. The summed E-state index contributed by atoms with van der Waals surface area (Å²) in [7, 11) is 1.20. The topological polar surface area (TPSA) is 65.0 Å². The Morgan fingerprint density at radius 2 is 1.59 bits per heavy atom. The summed E-state index contributed by atoms with van der Waals surface area (Å²) < 4.78 is 17.9. The van der Waals surface area contributed by atoms with Crippen LogP contribution in [0.15, 0.2) is 42.5 Å². The Labute approximate surface area is 172 Å². The van der Waals surface area contributed by atoms with Gasteiger partial charge >= 0.3 is 13.1 Å². The molecule has 4 rings (SSSR count). The average molecular weight is 394 g/mol. The molecule has 0 bridgehead atoms. The number of ether oxygens (including phenoxy) is 1. The van der Waals surface area contributed by atoms with E-state index < -0.39 is 29.7 Å². The molecule has 1 saturated carbocycles. The molecule has 0 amide bonds. The maximum atomic E-state index is 11.6. The fraction of sp³-hybridized carbons (Fsp3) is 0.435. The van der Waals surface area contributed by atoms with Gasteiger partial charge in [-0.2, -0.15) is 0 Å². The van der Waals surface area contributed by atoms with Crippen LogP contribution in [0, 0.1) is 0 Å². The molecule has 1 N–H and O–H groups in total. The molecule has 2 aliphatic rings. The smallest absolute Gasteiger partial charge is 0.494 e. The van der Waals surface area contributed by atoms with Gasteiger partial charge in [0.05, 0.1) is 23.7 Å². The first-order chi connectivity index (χ1) is 13.6. The summed E-state index contributed by atoms with van der Waals surface area (Å²) in [4.78, 5) is 11.6. The van der Waals surface area contributed by atoms with Gasteiger partial charge < -0.3 is 19.2 Å². The van der Waals surface area contributed by atoms with Crippen LogP contribution in [0.25, 0.3) is 11.1 Å². The summed E-state index contributed by atoms with van der Waals surface area (Å²) in [5.41, 5.74) is 2.20. The first-order valence-electron chi connectivity index (χ1n) is 9.97. The Balaban J connectivity index is 1.62. The van der Waals surface area contributed by atoms with E-state index in [0.717, 1.165) is 27.9 Å². The molecule has 1 saturated heterocycles. The highest BCUT2D eigenvalue weighted by atomic mass is 16.7. The zero-order chi connectivity index (χ0) is 21.0. The zero-order valence-electron chi connectivity index (χ0n) is 17.6. The second-order valence-electron chi connectivity index (χ2n) is 9.01. The van der Waals surface area contributed by atoms with Crippen molar-refractivity contribution in [1.29, 1.82) is 0 Å². The van der Waals surface area contributed by atoms with E-state index >= 15 is 0 Å². The van der Waals surface area contributed by atoms with Crippen molar-refractivity contribution in [2.24, 2.45) is 0 Å². The van der Waals surface area contributed by atoms with Crippen LogP contribution in [0.5, 0.6) is 5.75 Å². The van der Waals surface area contributed by atoms with Crippen LogP contribution in [0.4, 0.5) is 0 Å². The molecule has 1 aliphatic carbocycles. The van der Waals surface area contributed by atoms with E-state index in [2.05, 4.69) is 0 Å². The predicted molar refractivity (Wildman–Crippen MR) is 113 cm³/mol. The van der Waals surface area contributed by atoms with Crippen LogP contribution >= 0.6 is 0 Å². The normalized spacial score (nSPS) is 21.1. The van der Waals surface area contributed by atoms with E-state index in [1.54, 1.807) is 7.11 Å². The molecule has 2 aromatic carbocycles. The van der Waals surface area contributed by atoms with Gasteiger partial charge in [-0.25, -0.2) is 0 Å². The minimum Gasteiger partial charge on any atom is -0.496 e. The van der Waals surface area contributed by atoms with Crippen molar-refractivity contribution in [2.45, 2.75) is 57.2 Å². The maximum absolute atomic E-state index is 11.6. The number of benzene rings is 2. The highest BCUT2D eigenvalue weighted by molar-refractivity contribution is 6.62. The zero-order valence-corrected chi connectivity index (χ0v) is 17.6.